The summed E-state index contributed by atoms with van der Waals surface area (Å²) < 4.78 is 11.7. The zero-order valence-electron chi connectivity index (χ0n) is 17.9. The maximum atomic E-state index is 13.1. The van der Waals surface area contributed by atoms with Gasteiger partial charge in [-0.1, -0.05) is 18.9 Å². The summed E-state index contributed by atoms with van der Waals surface area (Å²) in [7, 11) is 1.62. The van der Waals surface area contributed by atoms with Crippen molar-refractivity contribution < 1.29 is 14.3 Å². The van der Waals surface area contributed by atoms with Crippen LogP contribution in [0.15, 0.2) is 35.7 Å². The minimum atomic E-state index is -0.131. The summed E-state index contributed by atoms with van der Waals surface area (Å²) in [6, 6.07) is 10.3. The molecule has 2 aromatic rings. The standard InChI is InChI=1S/C24H32N2O3S/c1-17(23-8-5-15-30-23)25-24(27)21-16-20(28-2)9-10-22(21)29-19-11-13-26(14-12-19)18-6-3-4-7-18/h5,8-10,15-19H,3-4,6-7,11-14H2,1-2H3,(H,25,27). The molecule has 1 unspecified atom stereocenters. The summed E-state index contributed by atoms with van der Waals surface area (Å²) in [6.45, 7) is 4.17. The van der Waals surface area contributed by atoms with Gasteiger partial charge < -0.3 is 19.7 Å². The fourth-order valence-electron chi connectivity index (χ4n) is 4.61. The highest BCUT2D eigenvalue weighted by atomic mass is 32.1. The van der Waals surface area contributed by atoms with Crippen LogP contribution in [0.2, 0.25) is 0 Å². The zero-order chi connectivity index (χ0) is 20.9. The molecule has 2 aliphatic rings. The molecule has 1 aliphatic heterocycles. The van der Waals surface area contributed by atoms with Crippen LogP contribution in [0.4, 0.5) is 0 Å². The van der Waals surface area contributed by atoms with Crippen molar-refractivity contribution in [1.82, 2.24) is 10.2 Å². The van der Waals surface area contributed by atoms with Crippen molar-refractivity contribution in [2.24, 2.45) is 0 Å². The van der Waals surface area contributed by atoms with Crippen LogP contribution in [0.5, 0.6) is 11.5 Å². The van der Waals surface area contributed by atoms with E-state index in [-0.39, 0.29) is 18.1 Å². The van der Waals surface area contributed by atoms with E-state index in [2.05, 4.69) is 10.2 Å². The van der Waals surface area contributed by atoms with Crippen LogP contribution < -0.4 is 14.8 Å². The Kier molecular flexibility index (Phi) is 6.95. The van der Waals surface area contributed by atoms with E-state index >= 15 is 0 Å². The lowest BCUT2D eigenvalue weighted by atomic mass is 10.0. The molecule has 5 nitrogen and oxygen atoms in total. The highest BCUT2D eigenvalue weighted by molar-refractivity contribution is 7.10. The van der Waals surface area contributed by atoms with Crippen molar-refractivity contribution in [3.05, 3.63) is 46.2 Å². The van der Waals surface area contributed by atoms with Crippen molar-refractivity contribution in [3.63, 3.8) is 0 Å². The molecule has 0 spiro atoms. The van der Waals surface area contributed by atoms with Gasteiger partial charge in [0, 0.05) is 24.0 Å². The number of likely N-dealkylation sites (tertiary alicyclic amines) is 1. The average molecular weight is 429 g/mol. The van der Waals surface area contributed by atoms with Gasteiger partial charge in [-0.2, -0.15) is 0 Å². The van der Waals surface area contributed by atoms with E-state index in [1.165, 1.54) is 25.7 Å². The number of thiophene rings is 1. The predicted octanol–water partition coefficient (Wildman–Crippen LogP) is 5.03. The van der Waals surface area contributed by atoms with Crippen LogP contribution >= 0.6 is 11.3 Å². The van der Waals surface area contributed by atoms with Gasteiger partial charge in [0.15, 0.2) is 0 Å². The van der Waals surface area contributed by atoms with E-state index < -0.39 is 0 Å². The molecule has 0 radical (unpaired) electrons. The summed E-state index contributed by atoms with van der Waals surface area (Å²) in [4.78, 5) is 16.8. The number of nitrogens with zero attached hydrogens (tertiary/aromatic N) is 1. The zero-order valence-corrected chi connectivity index (χ0v) is 18.7. The molecule has 1 saturated carbocycles. The van der Waals surface area contributed by atoms with E-state index in [9.17, 15) is 4.79 Å². The minimum absolute atomic E-state index is 0.0498. The van der Waals surface area contributed by atoms with Crippen LogP contribution in [0.25, 0.3) is 0 Å². The quantitative estimate of drug-likeness (QED) is 0.672. The molecule has 1 saturated heterocycles. The van der Waals surface area contributed by atoms with Gasteiger partial charge in [-0.15, -0.1) is 11.3 Å². The third kappa shape index (κ3) is 4.98. The number of nitrogens with one attached hydrogen (secondary N) is 1. The first-order chi connectivity index (χ1) is 14.6. The van der Waals surface area contributed by atoms with Gasteiger partial charge in [0.2, 0.25) is 0 Å². The molecule has 2 heterocycles. The van der Waals surface area contributed by atoms with Crippen molar-refractivity contribution >= 4 is 17.2 Å². The molecule has 1 aromatic carbocycles. The Morgan fingerprint density at radius 1 is 1.17 bits per heavy atom. The Bertz CT molecular complexity index is 825. The van der Waals surface area contributed by atoms with E-state index in [1.54, 1.807) is 24.5 Å². The fraction of sp³-hybridized carbons (Fsp3) is 0.542. The van der Waals surface area contributed by atoms with Gasteiger partial charge in [0.05, 0.1) is 18.7 Å². The highest BCUT2D eigenvalue weighted by Gasteiger charge is 2.28. The fourth-order valence-corrected chi connectivity index (χ4v) is 5.34. The maximum absolute atomic E-state index is 13.1. The number of amides is 1. The molecule has 2 fully saturated rings. The second-order valence-electron chi connectivity index (χ2n) is 8.36. The van der Waals surface area contributed by atoms with E-state index in [1.807, 2.05) is 36.6 Å². The minimum Gasteiger partial charge on any atom is -0.497 e. The Balaban J connectivity index is 1.42. The summed E-state index contributed by atoms with van der Waals surface area (Å²) in [5.74, 6) is 1.17. The summed E-state index contributed by atoms with van der Waals surface area (Å²) in [5.41, 5.74) is 0.538. The second-order valence-corrected chi connectivity index (χ2v) is 9.34. The number of carbonyl (C=O) groups excluding carboxylic acids is 1. The van der Waals surface area contributed by atoms with Crippen LogP contribution in [0.1, 0.15) is 66.7 Å². The topological polar surface area (TPSA) is 50.8 Å². The number of carbonyl (C=O) groups is 1. The largest absolute Gasteiger partial charge is 0.497 e. The molecular formula is C24H32N2O3S. The maximum Gasteiger partial charge on any atom is 0.255 e. The average Bonchev–Trinajstić information content (AvgIpc) is 3.49. The van der Waals surface area contributed by atoms with Gasteiger partial charge in [-0.25, -0.2) is 0 Å². The second kappa shape index (κ2) is 9.84. The summed E-state index contributed by atoms with van der Waals surface area (Å²) >= 11 is 1.64. The Hall–Kier alpha value is -2.05. The number of piperidine rings is 1. The summed E-state index contributed by atoms with van der Waals surface area (Å²) in [5, 5.41) is 5.12. The molecule has 6 heteroatoms. The lowest BCUT2D eigenvalue weighted by Crippen LogP contribution is -2.43. The van der Waals surface area contributed by atoms with Gasteiger partial charge in [-0.3, -0.25) is 4.79 Å². The third-order valence-corrected chi connectivity index (χ3v) is 7.42. The lowest BCUT2D eigenvalue weighted by molar-refractivity contribution is 0.0748. The number of rotatable bonds is 7. The normalized spacial score (nSPS) is 19.5. The van der Waals surface area contributed by atoms with Crippen LogP contribution in [0.3, 0.4) is 0 Å². The number of hydrogen-bond acceptors (Lipinski definition) is 5. The Morgan fingerprint density at radius 2 is 1.93 bits per heavy atom. The molecule has 0 bridgehead atoms. The molecular weight excluding hydrogens is 396 g/mol. The van der Waals surface area contributed by atoms with Crippen molar-refractivity contribution in [3.8, 4) is 11.5 Å². The van der Waals surface area contributed by atoms with E-state index in [4.69, 9.17) is 9.47 Å². The predicted molar refractivity (Wildman–Crippen MR) is 121 cm³/mol. The smallest absolute Gasteiger partial charge is 0.255 e. The Morgan fingerprint density at radius 3 is 2.60 bits per heavy atom. The first-order valence-corrected chi connectivity index (χ1v) is 11.9. The van der Waals surface area contributed by atoms with E-state index in [0.717, 1.165) is 36.9 Å². The Labute approximate surface area is 183 Å². The SMILES string of the molecule is COc1ccc(OC2CCN(C3CCCC3)CC2)c(C(=O)NC(C)c2cccs2)c1. The number of methoxy groups -OCH3 is 1. The molecule has 1 aliphatic carbocycles. The highest BCUT2D eigenvalue weighted by Crippen LogP contribution is 2.30. The van der Waals surface area contributed by atoms with Crippen molar-refractivity contribution in [2.75, 3.05) is 20.2 Å². The molecule has 30 heavy (non-hydrogen) atoms. The third-order valence-electron chi connectivity index (χ3n) is 6.36. The van der Waals surface area contributed by atoms with Crippen LogP contribution in [-0.2, 0) is 0 Å². The van der Waals surface area contributed by atoms with Gasteiger partial charge in [0.1, 0.15) is 17.6 Å². The number of benzene rings is 1. The van der Waals surface area contributed by atoms with Gasteiger partial charge >= 0.3 is 0 Å². The molecule has 162 valence electrons. The molecule has 1 N–H and O–H groups in total. The molecule has 1 aromatic heterocycles. The first-order valence-electron chi connectivity index (χ1n) is 11.1. The summed E-state index contributed by atoms with van der Waals surface area (Å²) in [6.07, 6.45) is 7.60. The molecule has 4 rings (SSSR count). The molecule has 1 atom stereocenters. The monoisotopic (exact) mass is 428 g/mol. The number of hydrogen-bond donors (Lipinski definition) is 1. The van der Waals surface area contributed by atoms with E-state index in [0.29, 0.717) is 17.1 Å². The van der Waals surface area contributed by atoms with Gasteiger partial charge in [0.25, 0.3) is 5.91 Å². The first kappa shape index (κ1) is 21.2. The van der Waals surface area contributed by atoms with Crippen LogP contribution in [-0.4, -0.2) is 43.2 Å². The number of ether oxygens (including phenoxy) is 2. The van der Waals surface area contributed by atoms with Crippen LogP contribution in [0, 0.1) is 0 Å². The van der Waals surface area contributed by atoms with Gasteiger partial charge in [-0.05, 0) is 62.3 Å². The lowest BCUT2D eigenvalue weighted by Gasteiger charge is -2.36. The van der Waals surface area contributed by atoms with Crippen molar-refractivity contribution in [1.29, 1.82) is 0 Å². The van der Waals surface area contributed by atoms with Crippen molar-refractivity contribution in [2.45, 2.75) is 63.6 Å². The molecule has 1 amide bonds.